The summed E-state index contributed by atoms with van der Waals surface area (Å²) in [5.41, 5.74) is 11.3. The Labute approximate surface area is 247 Å². The second-order valence-corrected chi connectivity index (χ2v) is 10.5. The van der Waals surface area contributed by atoms with Crippen molar-refractivity contribution in [3.8, 4) is 0 Å². The topological polar surface area (TPSA) is 126 Å². The minimum atomic E-state index is -1.32. The molecule has 4 rings (SSSR count). The van der Waals surface area contributed by atoms with Crippen LogP contribution in [0.15, 0.2) is 96.1 Å². The number of ether oxygens (including phenoxy) is 4. The SMILES string of the molecule is [N-]=[N+]=NCCCCCCC(O)[C@H]1O[C@H](O)[C@H](OCc2ccccc2)[C@@H](OCc2ccccc2)[C@H]1OCc1ccccc1. The minimum Gasteiger partial charge on any atom is -0.390 e. The van der Waals surface area contributed by atoms with Crippen LogP contribution in [-0.2, 0) is 38.8 Å². The van der Waals surface area contributed by atoms with Gasteiger partial charge in [0.2, 0.25) is 0 Å². The number of unbranched alkanes of at least 4 members (excludes halogenated alkanes) is 3. The Hall–Kier alpha value is -3.27. The van der Waals surface area contributed by atoms with Crippen LogP contribution in [0, 0.1) is 0 Å². The summed E-state index contributed by atoms with van der Waals surface area (Å²) in [5, 5.41) is 26.1. The highest BCUT2D eigenvalue weighted by molar-refractivity contribution is 5.15. The molecule has 1 saturated heterocycles. The fraction of sp³-hybridized carbons (Fsp3) is 0.455. The van der Waals surface area contributed by atoms with E-state index in [2.05, 4.69) is 10.0 Å². The lowest BCUT2D eigenvalue weighted by atomic mass is 9.92. The minimum absolute atomic E-state index is 0.256. The summed E-state index contributed by atoms with van der Waals surface area (Å²) in [4.78, 5) is 2.78. The lowest BCUT2D eigenvalue weighted by Crippen LogP contribution is -2.62. The van der Waals surface area contributed by atoms with Gasteiger partial charge in [-0.2, -0.15) is 0 Å². The predicted octanol–water partition coefficient (Wildman–Crippen LogP) is 6.08. The first-order chi connectivity index (χ1) is 20.7. The van der Waals surface area contributed by atoms with Crippen molar-refractivity contribution in [2.75, 3.05) is 6.54 Å². The molecular formula is C33H41N3O6. The summed E-state index contributed by atoms with van der Waals surface area (Å²) in [5.74, 6) is 0. The van der Waals surface area contributed by atoms with Crippen LogP contribution in [0.5, 0.6) is 0 Å². The zero-order valence-corrected chi connectivity index (χ0v) is 23.9. The van der Waals surface area contributed by atoms with Crippen LogP contribution in [0.1, 0.15) is 48.8 Å². The smallest absolute Gasteiger partial charge is 0.184 e. The van der Waals surface area contributed by atoms with Crippen LogP contribution < -0.4 is 0 Å². The quantitative estimate of drug-likeness (QED) is 0.0869. The van der Waals surface area contributed by atoms with Gasteiger partial charge in [-0.15, -0.1) is 0 Å². The molecule has 1 unspecified atom stereocenters. The summed E-state index contributed by atoms with van der Waals surface area (Å²) in [7, 11) is 0. The molecular weight excluding hydrogens is 534 g/mol. The van der Waals surface area contributed by atoms with Crippen molar-refractivity contribution in [3.63, 3.8) is 0 Å². The fourth-order valence-corrected chi connectivity index (χ4v) is 5.12. The summed E-state index contributed by atoms with van der Waals surface area (Å²) in [6, 6.07) is 29.3. The first-order valence-corrected chi connectivity index (χ1v) is 14.6. The van der Waals surface area contributed by atoms with Crippen molar-refractivity contribution in [2.24, 2.45) is 5.11 Å². The first kappa shape index (κ1) is 31.7. The number of nitrogens with zero attached hydrogens (tertiary/aromatic N) is 3. The second-order valence-electron chi connectivity index (χ2n) is 10.5. The van der Waals surface area contributed by atoms with E-state index in [1.807, 2.05) is 91.0 Å². The number of aliphatic hydroxyl groups is 2. The summed E-state index contributed by atoms with van der Waals surface area (Å²) >= 11 is 0. The average Bonchev–Trinajstić information content (AvgIpc) is 3.03. The van der Waals surface area contributed by atoms with Gasteiger partial charge in [0.05, 0.1) is 25.9 Å². The molecule has 0 bridgehead atoms. The van der Waals surface area contributed by atoms with Gasteiger partial charge in [0.25, 0.3) is 0 Å². The molecule has 9 heteroatoms. The molecule has 1 fully saturated rings. The standard InChI is InChI=1S/C33H41N3O6/c34-36-35-21-13-2-1-12-20-28(37)29-30(39-22-25-14-6-3-7-15-25)31(40-23-26-16-8-4-9-17-26)32(33(38)42-29)41-24-27-18-10-5-11-19-27/h3-11,14-19,28-33,37-38H,1-2,12-13,20-24H2/t28?,29-,30+,31+,32-,33+/m1/s1. The molecule has 0 spiro atoms. The van der Waals surface area contributed by atoms with Gasteiger partial charge in [-0.3, -0.25) is 0 Å². The van der Waals surface area contributed by atoms with E-state index in [-0.39, 0.29) is 19.8 Å². The molecule has 3 aromatic rings. The van der Waals surface area contributed by atoms with Gasteiger partial charge in [-0.05, 0) is 35.1 Å². The molecule has 42 heavy (non-hydrogen) atoms. The molecule has 0 aromatic heterocycles. The largest absolute Gasteiger partial charge is 0.390 e. The van der Waals surface area contributed by atoms with Gasteiger partial charge in [-0.25, -0.2) is 0 Å². The molecule has 0 saturated carbocycles. The van der Waals surface area contributed by atoms with Gasteiger partial charge in [0, 0.05) is 11.5 Å². The molecule has 1 aliphatic heterocycles. The molecule has 2 N–H and O–H groups in total. The van der Waals surface area contributed by atoms with Gasteiger partial charge < -0.3 is 29.2 Å². The monoisotopic (exact) mass is 575 g/mol. The third-order valence-electron chi connectivity index (χ3n) is 7.36. The molecule has 0 radical (unpaired) electrons. The third-order valence-corrected chi connectivity index (χ3v) is 7.36. The van der Waals surface area contributed by atoms with E-state index in [1.54, 1.807) is 0 Å². The highest BCUT2D eigenvalue weighted by atomic mass is 16.7. The number of rotatable bonds is 17. The van der Waals surface area contributed by atoms with Crippen molar-refractivity contribution < 1.29 is 29.2 Å². The molecule has 9 nitrogen and oxygen atoms in total. The number of hydrogen-bond acceptors (Lipinski definition) is 7. The third kappa shape index (κ3) is 9.93. The maximum absolute atomic E-state index is 11.3. The van der Waals surface area contributed by atoms with E-state index in [4.69, 9.17) is 24.5 Å². The highest BCUT2D eigenvalue weighted by Crippen LogP contribution is 2.32. The molecule has 3 aromatic carbocycles. The summed E-state index contributed by atoms with van der Waals surface area (Å²) < 4.78 is 25.2. The zero-order chi connectivity index (χ0) is 29.4. The maximum Gasteiger partial charge on any atom is 0.184 e. The Morgan fingerprint density at radius 2 is 1.17 bits per heavy atom. The molecule has 0 aliphatic carbocycles. The van der Waals surface area contributed by atoms with Crippen LogP contribution in [0.4, 0.5) is 0 Å². The van der Waals surface area contributed by atoms with Crippen molar-refractivity contribution in [1.82, 2.24) is 0 Å². The Morgan fingerprint density at radius 3 is 1.69 bits per heavy atom. The van der Waals surface area contributed by atoms with Gasteiger partial charge in [0.15, 0.2) is 6.29 Å². The molecule has 0 amide bonds. The van der Waals surface area contributed by atoms with Crippen molar-refractivity contribution >= 4 is 0 Å². The molecule has 1 heterocycles. The van der Waals surface area contributed by atoms with E-state index in [0.717, 1.165) is 42.4 Å². The van der Waals surface area contributed by atoms with Crippen molar-refractivity contribution in [3.05, 3.63) is 118 Å². The number of aliphatic hydroxyl groups excluding tert-OH is 2. The summed E-state index contributed by atoms with van der Waals surface area (Å²) in [6.07, 6.45) is -1.54. The van der Waals surface area contributed by atoms with Crippen LogP contribution in [0.3, 0.4) is 0 Å². The molecule has 6 atom stereocenters. The van der Waals surface area contributed by atoms with Crippen LogP contribution in [0.25, 0.3) is 10.4 Å². The van der Waals surface area contributed by atoms with Crippen LogP contribution in [-0.4, -0.2) is 53.6 Å². The summed E-state index contributed by atoms with van der Waals surface area (Å²) in [6.45, 7) is 1.29. The Kier molecular flexibility index (Phi) is 13.3. The highest BCUT2D eigenvalue weighted by Gasteiger charge is 2.50. The number of benzene rings is 3. The second kappa shape index (κ2) is 17.6. The van der Waals surface area contributed by atoms with Crippen LogP contribution >= 0.6 is 0 Å². The van der Waals surface area contributed by atoms with Crippen molar-refractivity contribution in [2.45, 2.75) is 88.7 Å². The Morgan fingerprint density at radius 1 is 0.690 bits per heavy atom. The predicted molar refractivity (Wildman–Crippen MR) is 159 cm³/mol. The Bertz CT molecular complexity index is 1200. The molecule has 1 aliphatic rings. The first-order valence-electron chi connectivity index (χ1n) is 14.6. The van der Waals surface area contributed by atoms with Gasteiger partial charge >= 0.3 is 0 Å². The van der Waals surface area contributed by atoms with E-state index >= 15 is 0 Å². The normalized spacial score (nSPS) is 22.8. The van der Waals surface area contributed by atoms with E-state index in [0.29, 0.717) is 13.0 Å². The van der Waals surface area contributed by atoms with E-state index in [1.165, 1.54) is 0 Å². The van der Waals surface area contributed by atoms with Crippen LogP contribution in [0.2, 0.25) is 0 Å². The number of hydrogen-bond donors (Lipinski definition) is 2. The fourth-order valence-electron chi connectivity index (χ4n) is 5.12. The van der Waals surface area contributed by atoms with E-state index < -0.39 is 36.8 Å². The van der Waals surface area contributed by atoms with Gasteiger partial charge in [-0.1, -0.05) is 115 Å². The maximum atomic E-state index is 11.3. The van der Waals surface area contributed by atoms with Gasteiger partial charge in [0.1, 0.15) is 24.4 Å². The Balaban J connectivity index is 1.51. The van der Waals surface area contributed by atoms with E-state index in [9.17, 15) is 10.2 Å². The number of azide groups is 1. The average molecular weight is 576 g/mol. The zero-order valence-electron chi connectivity index (χ0n) is 23.9. The lowest BCUT2D eigenvalue weighted by molar-refractivity contribution is -0.324. The molecule has 224 valence electrons. The van der Waals surface area contributed by atoms with Crippen molar-refractivity contribution in [1.29, 1.82) is 0 Å². The lowest BCUT2D eigenvalue weighted by Gasteiger charge is -2.46.